The predicted molar refractivity (Wildman–Crippen MR) is 132 cm³/mol. The van der Waals surface area contributed by atoms with E-state index in [1.807, 2.05) is 36.4 Å². The van der Waals surface area contributed by atoms with Gasteiger partial charge in [-0.15, -0.1) is 10.2 Å². The van der Waals surface area contributed by atoms with E-state index < -0.39 is 0 Å². The smallest absolute Gasteiger partial charge is 0.251 e. The van der Waals surface area contributed by atoms with Gasteiger partial charge in [-0.05, 0) is 49.7 Å². The molecule has 172 valence electrons. The first kappa shape index (κ1) is 23.4. The van der Waals surface area contributed by atoms with E-state index in [9.17, 15) is 4.79 Å². The maximum atomic E-state index is 12.4. The molecule has 6 nitrogen and oxygen atoms in total. The second kappa shape index (κ2) is 11.9. The number of morpholine rings is 1. The summed E-state index contributed by atoms with van der Waals surface area (Å²) in [7, 11) is 0. The lowest BCUT2D eigenvalue weighted by Crippen LogP contribution is -2.38. The van der Waals surface area contributed by atoms with Gasteiger partial charge in [-0.1, -0.05) is 53.7 Å². The summed E-state index contributed by atoms with van der Waals surface area (Å²) in [6.07, 6.45) is 0.949. The highest BCUT2D eigenvalue weighted by Crippen LogP contribution is 2.23. The van der Waals surface area contributed by atoms with Gasteiger partial charge >= 0.3 is 0 Å². The van der Waals surface area contributed by atoms with Gasteiger partial charge < -0.3 is 10.1 Å². The summed E-state index contributed by atoms with van der Waals surface area (Å²) in [5, 5.41) is 12.6. The maximum Gasteiger partial charge on any atom is 0.251 e. The van der Waals surface area contributed by atoms with E-state index in [2.05, 4.69) is 51.6 Å². The van der Waals surface area contributed by atoms with Crippen molar-refractivity contribution in [2.75, 3.05) is 39.4 Å². The van der Waals surface area contributed by atoms with Crippen LogP contribution in [0.4, 0.5) is 0 Å². The molecule has 0 spiro atoms. The summed E-state index contributed by atoms with van der Waals surface area (Å²) in [6, 6.07) is 20.1. The Bertz CT molecular complexity index is 1020. The van der Waals surface area contributed by atoms with E-state index in [1.54, 1.807) is 11.8 Å². The molecule has 1 amide bonds. The molecule has 0 bridgehead atoms. The van der Waals surface area contributed by atoms with Crippen molar-refractivity contribution >= 4 is 17.7 Å². The fourth-order valence-corrected chi connectivity index (χ4v) is 4.39. The molecule has 2 heterocycles. The van der Waals surface area contributed by atoms with Crippen LogP contribution in [0.3, 0.4) is 0 Å². The fraction of sp³-hybridized carbons (Fsp3) is 0.346. The zero-order chi connectivity index (χ0) is 22.9. The molecule has 0 saturated carbocycles. The van der Waals surface area contributed by atoms with Crippen molar-refractivity contribution in [2.24, 2.45) is 0 Å². The number of nitrogens with zero attached hydrogens (tertiary/aromatic N) is 3. The highest BCUT2D eigenvalue weighted by Gasteiger charge is 2.10. The molecule has 1 fully saturated rings. The van der Waals surface area contributed by atoms with Crippen LogP contribution >= 0.6 is 11.8 Å². The Labute approximate surface area is 199 Å². The van der Waals surface area contributed by atoms with Crippen LogP contribution in [-0.2, 0) is 10.5 Å². The summed E-state index contributed by atoms with van der Waals surface area (Å²) in [6.45, 7) is 7.33. The average Bonchev–Trinajstić information content (AvgIpc) is 2.87. The van der Waals surface area contributed by atoms with Gasteiger partial charge in [-0.25, -0.2) is 0 Å². The molecule has 1 aliphatic heterocycles. The molecule has 33 heavy (non-hydrogen) atoms. The topological polar surface area (TPSA) is 67.4 Å². The number of carbonyl (C=O) groups is 1. The molecule has 1 N–H and O–H groups in total. The second-order valence-corrected chi connectivity index (χ2v) is 9.17. The minimum Gasteiger partial charge on any atom is -0.379 e. The van der Waals surface area contributed by atoms with Gasteiger partial charge in [0.1, 0.15) is 5.03 Å². The third-order valence-corrected chi connectivity index (χ3v) is 6.62. The number of hydrogen-bond donors (Lipinski definition) is 1. The molecule has 3 aromatic rings. The summed E-state index contributed by atoms with van der Waals surface area (Å²) >= 11 is 1.64. The molecular formula is C26H30N4O2S. The Kier molecular flexibility index (Phi) is 8.47. The largest absolute Gasteiger partial charge is 0.379 e. The molecule has 7 heteroatoms. The SMILES string of the molecule is Cc1ccc(-c2ccc(SCc3ccc(C(=O)NCCCN4CCOCC4)cc3)nn2)cc1. The Morgan fingerprint density at radius 3 is 2.45 bits per heavy atom. The zero-order valence-electron chi connectivity index (χ0n) is 19.0. The first-order valence-corrected chi connectivity index (χ1v) is 12.4. The molecular weight excluding hydrogens is 432 g/mol. The Morgan fingerprint density at radius 2 is 1.76 bits per heavy atom. The molecule has 1 aliphatic rings. The van der Waals surface area contributed by atoms with Crippen LogP contribution in [0.15, 0.2) is 65.7 Å². The van der Waals surface area contributed by atoms with Gasteiger partial charge in [0.2, 0.25) is 0 Å². The van der Waals surface area contributed by atoms with E-state index in [4.69, 9.17) is 4.74 Å². The van der Waals surface area contributed by atoms with Crippen LogP contribution in [0.2, 0.25) is 0 Å². The predicted octanol–water partition coefficient (Wildman–Crippen LogP) is 4.20. The number of hydrogen-bond acceptors (Lipinski definition) is 6. The Hall–Kier alpha value is -2.74. The van der Waals surface area contributed by atoms with Gasteiger partial charge in [0, 0.05) is 36.5 Å². The first-order valence-electron chi connectivity index (χ1n) is 11.4. The van der Waals surface area contributed by atoms with E-state index >= 15 is 0 Å². The van der Waals surface area contributed by atoms with Gasteiger partial charge in [0.15, 0.2) is 0 Å². The second-order valence-electron chi connectivity index (χ2n) is 8.17. The monoisotopic (exact) mass is 462 g/mol. The lowest BCUT2D eigenvalue weighted by atomic mass is 10.1. The number of rotatable bonds is 9. The zero-order valence-corrected chi connectivity index (χ0v) is 19.8. The third kappa shape index (κ3) is 7.12. The van der Waals surface area contributed by atoms with Gasteiger partial charge in [0.25, 0.3) is 5.91 Å². The van der Waals surface area contributed by atoms with Crippen LogP contribution in [0.1, 0.15) is 27.9 Å². The van der Waals surface area contributed by atoms with E-state index in [1.165, 1.54) is 5.56 Å². The van der Waals surface area contributed by atoms with Crippen LogP contribution in [0.25, 0.3) is 11.3 Å². The van der Waals surface area contributed by atoms with Crippen LogP contribution < -0.4 is 5.32 Å². The van der Waals surface area contributed by atoms with Crippen LogP contribution in [0, 0.1) is 6.92 Å². The van der Waals surface area contributed by atoms with Crippen LogP contribution in [-0.4, -0.2) is 60.4 Å². The number of nitrogens with one attached hydrogen (secondary N) is 1. The normalized spacial score (nSPS) is 14.2. The number of amides is 1. The molecule has 4 rings (SSSR count). The average molecular weight is 463 g/mol. The van der Waals surface area contributed by atoms with Crippen molar-refractivity contribution in [1.82, 2.24) is 20.4 Å². The summed E-state index contributed by atoms with van der Waals surface area (Å²) in [4.78, 5) is 14.8. The molecule has 0 atom stereocenters. The Morgan fingerprint density at radius 1 is 1.00 bits per heavy atom. The summed E-state index contributed by atoms with van der Waals surface area (Å²) in [5.74, 6) is 0.758. The van der Waals surface area contributed by atoms with Gasteiger partial charge in [-0.2, -0.15) is 0 Å². The number of thioether (sulfide) groups is 1. The Balaban J connectivity index is 1.20. The third-order valence-electron chi connectivity index (χ3n) is 5.63. The molecule has 0 aliphatic carbocycles. The number of carbonyl (C=O) groups excluding carboxylic acids is 1. The van der Waals surface area contributed by atoms with Crippen molar-refractivity contribution in [2.45, 2.75) is 24.1 Å². The number of aromatic nitrogens is 2. The molecule has 0 unspecified atom stereocenters. The first-order chi connectivity index (χ1) is 16.2. The minimum atomic E-state index is -0.0197. The highest BCUT2D eigenvalue weighted by molar-refractivity contribution is 7.98. The number of benzene rings is 2. The standard InChI is InChI=1S/C26H30N4O2S/c1-20-3-7-22(8-4-20)24-11-12-25(29-28-24)33-19-21-5-9-23(10-6-21)26(31)27-13-2-14-30-15-17-32-18-16-30/h3-12H,2,13-19H2,1H3,(H,27,31). The van der Waals surface area contributed by atoms with Crippen LogP contribution in [0.5, 0.6) is 0 Å². The summed E-state index contributed by atoms with van der Waals surface area (Å²) < 4.78 is 5.36. The maximum absolute atomic E-state index is 12.4. The molecule has 1 saturated heterocycles. The highest BCUT2D eigenvalue weighted by atomic mass is 32.2. The lowest BCUT2D eigenvalue weighted by Gasteiger charge is -2.26. The quantitative estimate of drug-likeness (QED) is 0.380. The molecule has 2 aromatic carbocycles. The van der Waals surface area contributed by atoms with E-state index in [0.29, 0.717) is 12.1 Å². The summed E-state index contributed by atoms with van der Waals surface area (Å²) in [5.41, 5.74) is 5.01. The van der Waals surface area contributed by atoms with Crippen molar-refractivity contribution in [3.8, 4) is 11.3 Å². The number of aryl methyl sites for hydroxylation is 1. The number of ether oxygens (including phenoxy) is 1. The van der Waals surface area contributed by atoms with Crippen molar-refractivity contribution in [1.29, 1.82) is 0 Å². The van der Waals surface area contributed by atoms with Gasteiger partial charge in [-0.3, -0.25) is 9.69 Å². The van der Waals surface area contributed by atoms with E-state index in [-0.39, 0.29) is 5.91 Å². The molecule has 1 aromatic heterocycles. The minimum absolute atomic E-state index is 0.0197. The molecule has 0 radical (unpaired) electrons. The van der Waals surface area contributed by atoms with Gasteiger partial charge in [0.05, 0.1) is 18.9 Å². The van der Waals surface area contributed by atoms with Crippen molar-refractivity contribution in [3.63, 3.8) is 0 Å². The van der Waals surface area contributed by atoms with Crippen molar-refractivity contribution < 1.29 is 9.53 Å². The fourth-order valence-electron chi connectivity index (χ4n) is 3.62. The lowest BCUT2D eigenvalue weighted by molar-refractivity contribution is 0.0374. The van der Waals surface area contributed by atoms with Crippen molar-refractivity contribution in [3.05, 3.63) is 77.4 Å². The van der Waals surface area contributed by atoms with E-state index in [0.717, 1.165) is 66.9 Å².